The molecule has 5 rings (SSSR count). The molecule has 4 heteroatoms. The predicted octanol–water partition coefficient (Wildman–Crippen LogP) is 5.67. The number of benzene rings is 2. The molecule has 2 fully saturated rings. The van der Waals surface area contributed by atoms with Crippen LogP contribution in [0.25, 0.3) is 11.1 Å². The number of aryl methyl sites for hydroxylation is 1. The highest BCUT2D eigenvalue weighted by molar-refractivity contribution is 5.83. The highest BCUT2D eigenvalue weighted by Gasteiger charge is 2.48. The molecule has 3 aliphatic rings. The first-order valence-electron chi connectivity index (χ1n) is 10.9. The Labute approximate surface area is 172 Å². The zero-order valence-corrected chi connectivity index (χ0v) is 17.4. The summed E-state index contributed by atoms with van der Waals surface area (Å²) in [6.07, 6.45) is 5.65. The topological polar surface area (TPSA) is 24.8 Å². The minimum Gasteiger partial charge on any atom is -0.386 e. The molecule has 0 atom stereocenters. The number of halogens is 1. The van der Waals surface area contributed by atoms with E-state index in [4.69, 9.17) is 4.84 Å². The fourth-order valence-corrected chi connectivity index (χ4v) is 5.05. The number of hydrogen-bond donors (Lipinski definition) is 0. The Morgan fingerprint density at radius 2 is 1.93 bits per heavy atom. The summed E-state index contributed by atoms with van der Waals surface area (Å²) in [5.74, 6) is 0.484. The second kappa shape index (κ2) is 7.24. The zero-order valence-electron chi connectivity index (χ0n) is 17.4. The van der Waals surface area contributed by atoms with Crippen molar-refractivity contribution in [2.45, 2.75) is 64.0 Å². The van der Waals surface area contributed by atoms with Crippen LogP contribution < -0.4 is 0 Å². The summed E-state index contributed by atoms with van der Waals surface area (Å²) >= 11 is 0. The van der Waals surface area contributed by atoms with Gasteiger partial charge in [0.05, 0.1) is 5.71 Å². The van der Waals surface area contributed by atoms with Gasteiger partial charge >= 0.3 is 0 Å². The van der Waals surface area contributed by atoms with Gasteiger partial charge < -0.3 is 4.84 Å². The molecule has 1 saturated heterocycles. The van der Waals surface area contributed by atoms with Gasteiger partial charge in [0, 0.05) is 26.1 Å². The van der Waals surface area contributed by atoms with Crippen LogP contribution in [-0.2, 0) is 17.8 Å². The van der Waals surface area contributed by atoms with Gasteiger partial charge in [0.25, 0.3) is 0 Å². The molecule has 2 aromatic rings. The number of likely N-dealkylation sites (tertiary alicyclic amines) is 1. The highest BCUT2D eigenvalue weighted by atomic mass is 19.1. The van der Waals surface area contributed by atoms with Crippen molar-refractivity contribution < 1.29 is 9.23 Å². The lowest BCUT2D eigenvalue weighted by Crippen LogP contribution is -2.61. The van der Waals surface area contributed by atoms with Gasteiger partial charge in [0.2, 0.25) is 0 Å². The zero-order chi connectivity index (χ0) is 20.0. The van der Waals surface area contributed by atoms with Crippen LogP contribution in [0.15, 0.2) is 41.6 Å². The van der Waals surface area contributed by atoms with Crippen LogP contribution in [0.2, 0.25) is 0 Å². The molecule has 0 unspecified atom stereocenters. The number of nitrogens with zero attached hydrogens (tertiary/aromatic N) is 2. The normalized spacial score (nSPS) is 20.4. The summed E-state index contributed by atoms with van der Waals surface area (Å²) in [5, 5.41) is 4.15. The van der Waals surface area contributed by atoms with E-state index in [0.717, 1.165) is 50.2 Å². The Bertz CT molecular complexity index is 940. The first-order valence-corrected chi connectivity index (χ1v) is 10.9. The fraction of sp³-hybridized carbons (Fsp3) is 0.480. The lowest BCUT2D eigenvalue weighted by Gasteiger charge is -2.45. The molecule has 0 N–H and O–H groups in total. The molecule has 0 radical (unpaired) electrons. The third-order valence-corrected chi connectivity index (χ3v) is 6.38. The van der Waals surface area contributed by atoms with E-state index in [2.05, 4.69) is 29.1 Å². The van der Waals surface area contributed by atoms with E-state index >= 15 is 0 Å². The summed E-state index contributed by atoms with van der Waals surface area (Å²) in [6.45, 7) is 7.15. The molecule has 0 aromatic heterocycles. The van der Waals surface area contributed by atoms with Crippen LogP contribution in [0.5, 0.6) is 0 Å². The van der Waals surface area contributed by atoms with Crippen molar-refractivity contribution in [3.8, 4) is 11.1 Å². The maximum absolute atomic E-state index is 13.5. The molecule has 3 nitrogen and oxygen atoms in total. The second-order valence-corrected chi connectivity index (χ2v) is 9.17. The average Bonchev–Trinajstić information content (AvgIpc) is 3.44. The van der Waals surface area contributed by atoms with E-state index in [1.165, 1.54) is 35.1 Å². The third kappa shape index (κ3) is 3.71. The quantitative estimate of drug-likeness (QED) is 0.632. The van der Waals surface area contributed by atoms with E-state index in [1.807, 2.05) is 19.1 Å². The SMILES string of the molecule is CCCc1cc(CN2CC3(CC(C)=NO3)C2)cc(C2CC2)c1-c1ccc(F)cc1. The molecule has 0 amide bonds. The van der Waals surface area contributed by atoms with Gasteiger partial charge in [-0.05, 0) is 72.1 Å². The van der Waals surface area contributed by atoms with E-state index in [1.54, 1.807) is 12.1 Å². The molecule has 1 saturated carbocycles. The smallest absolute Gasteiger partial charge is 0.168 e. The molecule has 2 heterocycles. The van der Waals surface area contributed by atoms with Crippen molar-refractivity contribution in [1.29, 1.82) is 0 Å². The van der Waals surface area contributed by atoms with Crippen molar-refractivity contribution in [2.75, 3.05) is 13.1 Å². The maximum atomic E-state index is 13.5. The molecular weight excluding hydrogens is 363 g/mol. The molecule has 0 bridgehead atoms. The van der Waals surface area contributed by atoms with Crippen LogP contribution in [0.3, 0.4) is 0 Å². The van der Waals surface area contributed by atoms with Gasteiger partial charge in [-0.2, -0.15) is 0 Å². The Morgan fingerprint density at radius 3 is 2.55 bits per heavy atom. The third-order valence-electron chi connectivity index (χ3n) is 6.38. The van der Waals surface area contributed by atoms with Gasteiger partial charge in [0.1, 0.15) is 5.82 Å². The van der Waals surface area contributed by atoms with E-state index in [0.29, 0.717) is 5.92 Å². The van der Waals surface area contributed by atoms with E-state index < -0.39 is 0 Å². The summed E-state index contributed by atoms with van der Waals surface area (Å²) < 4.78 is 13.5. The standard InChI is InChI=1S/C25H29FN2O/c1-3-4-21-11-18(14-28-15-25(16-28)13-17(2)27-29-25)12-23(19-5-6-19)24(21)20-7-9-22(26)10-8-20/h7-12,19H,3-6,13-16H2,1-2H3. The lowest BCUT2D eigenvalue weighted by molar-refractivity contribution is -0.128. The maximum Gasteiger partial charge on any atom is 0.168 e. The monoisotopic (exact) mass is 392 g/mol. The molecule has 1 aliphatic carbocycles. The first-order chi connectivity index (χ1) is 14.0. The van der Waals surface area contributed by atoms with E-state index in [9.17, 15) is 4.39 Å². The fourth-order valence-electron chi connectivity index (χ4n) is 5.05. The van der Waals surface area contributed by atoms with Crippen molar-refractivity contribution in [3.05, 3.63) is 58.9 Å². The van der Waals surface area contributed by atoms with Crippen LogP contribution in [0.4, 0.5) is 4.39 Å². The van der Waals surface area contributed by atoms with Crippen molar-refractivity contribution >= 4 is 5.71 Å². The predicted molar refractivity (Wildman–Crippen MR) is 115 cm³/mol. The lowest BCUT2D eigenvalue weighted by atomic mass is 9.86. The van der Waals surface area contributed by atoms with Crippen LogP contribution in [0.1, 0.15) is 62.1 Å². The molecular formula is C25H29FN2O. The largest absolute Gasteiger partial charge is 0.386 e. The molecule has 152 valence electrons. The summed E-state index contributed by atoms with van der Waals surface area (Å²) in [7, 11) is 0. The Kier molecular flexibility index (Phi) is 4.70. The Balaban J connectivity index is 1.43. The Hall–Kier alpha value is -2.20. The van der Waals surface area contributed by atoms with Crippen LogP contribution in [0, 0.1) is 5.82 Å². The van der Waals surface area contributed by atoms with Gasteiger partial charge in [-0.15, -0.1) is 0 Å². The molecule has 29 heavy (non-hydrogen) atoms. The van der Waals surface area contributed by atoms with Crippen LogP contribution in [-0.4, -0.2) is 29.3 Å². The minimum absolute atomic E-state index is 0.0658. The average molecular weight is 393 g/mol. The first kappa shape index (κ1) is 18.8. The van der Waals surface area contributed by atoms with Gasteiger partial charge in [-0.3, -0.25) is 4.90 Å². The highest BCUT2D eigenvalue weighted by Crippen LogP contribution is 2.46. The van der Waals surface area contributed by atoms with Crippen LogP contribution >= 0.6 is 0 Å². The minimum atomic E-state index is -0.171. The van der Waals surface area contributed by atoms with Crippen molar-refractivity contribution in [3.63, 3.8) is 0 Å². The number of oxime groups is 1. The van der Waals surface area contributed by atoms with Gasteiger partial charge in [-0.25, -0.2) is 4.39 Å². The number of hydrogen-bond acceptors (Lipinski definition) is 3. The van der Waals surface area contributed by atoms with Crippen molar-refractivity contribution in [2.24, 2.45) is 5.16 Å². The van der Waals surface area contributed by atoms with Gasteiger partial charge in [-0.1, -0.05) is 42.8 Å². The Morgan fingerprint density at radius 1 is 1.17 bits per heavy atom. The second-order valence-electron chi connectivity index (χ2n) is 9.17. The summed E-state index contributed by atoms with van der Waals surface area (Å²) in [4.78, 5) is 8.16. The molecule has 2 aliphatic heterocycles. The number of rotatable bonds is 6. The summed E-state index contributed by atoms with van der Waals surface area (Å²) in [5.41, 5.74) is 7.80. The van der Waals surface area contributed by atoms with Gasteiger partial charge in [0.15, 0.2) is 5.60 Å². The summed E-state index contributed by atoms with van der Waals surface area (Å²) in [6, 6.07) is 11.8. The van der Waals surface area contributed by atoms with Crippen molar-refractivity contribution in [1.82, 2.24) is 4.90 Å². The molecule has 2 aromatic carbocycles. The molecule has 1 spiro atoms. The van der Waals surface area contributed by atoms with E-state index in [-0.39, 0.29) is 11.4 Å².